The van der Waals surface area contributed by atoms with Gasteiger partial charge in [0.25, 0.3) is 0 Å². The summed E-state index contributed by atoms with van der Waals surface area (Å²) in [5.74, 6) is -1.31. The Morgan fingerprint density at radius 2 is 1.85 bits per heavy atom. The molecule has 0 radical (unpaired) electrons. The van der Waals surface area contributed by atoms with Crippen LogP contribution in [0.4, 0.5) is 0 Å². The molecule has 0 spiro atoms. The summed E-state index contributed by atoms with van der Waals surface area (Å²) in [6.45, 7) is 0. The van der Waals surface area contributed by atoms with E-state index in [-0.39, 0.29) is 0 Å². The predicted octanol–water partition coefficient (Wildman–Crippen LogP) is 0.132. The molecule has 4 heteroatoms. The van der Waals surface area contributed by atoms with Gasteiger partial charge in [-0.2, -0.15) is 0 Å². The van der Waals surface area contributed by atoms with Gasteiger partial charge < -0.3 is 15.9 Å². The molecule has 2 atom stereocenters. The topological polar surface area (TPSA) is 83.5 Å². The Hall–Kier alpha value is -1.39. The first-order valence-electron chi connectivity index (χ1n) is 3.84. The summed E-state index contributed by atoms with van der Waals surface area (Å²) in [5.41, 5.74) is 6.12. The number of carbonyl (C=O) groups is 1. The molecule has 0 aliphatic rings. The van der Waals surface area contributed by atoms with Gasteiger partial charge in [-0.1, -0.05) is 30.3 Å². The first-order valence-corrected chi connectivity index (χ1v) is 3.84. The van der Waals surface area contributed by atoms with E-state index in [1.165, 1.54) is 0 Å². The van der Waals surface area contributed by atoms with Crippen LogP contribution in [0.25, 0.3) is 0 Å². The highest BCUT2D eigenvalue weighted by Gasteiger charge is 2.22. The van der Waals surface area contributed by atoms with Crippen LogP contribution in [0.3, 0.4) is 0 Å². The van der Waals surface area contributed by atoms with Gasteiger partial charge in [0.1, 0.15) is 0 Å². The van der Waals surface area contributed by atoms with Crippen molar-refractivity contribution in [2.45, 2.75) is 12.1 Å². The van der Waals surface area contributed by atoms with Crippen molar-refractivity contribution in [3.05, 3.63) is 35.9 Å². The van der Waals surface area contributed by atoms with E-state index in [2.05, 4.69) is 0 Å². The lowest BCUT2D eigenvalue weighted by Gasteiger charge is -2.14. The molecule has 1 aromatic carbocycles. The Kier molecular flexibility index (Phi) is 3.00. The molecule has 0 aromatic heterocycles. The Morgan fingerprint density at radius 1 is 1.31 bits per heavy atom. The minimum atomic E-state index is -1.55. The fourth-order valence-electron chi connectivity index (χ4n) is 1.01. The summed E-state index contributed by atoms with van der Waals surface area (Å²) in [5, 5.41) is 17.6. The van der Waals surface area contributed by atoms with Crippen molar-refractivity contribution in [3.8, 4) is 0 Å². The van der Waals surface area contributed by atoms with Gasteiger partial charge in [-0.3, -0.25) is 0 Å². The van der Waals surface area contributed by atoms with Crippen LogP contribution in [0.1, 0.15) is 11.6 Å². The largest absolute Gasteiger partial charge is 0.479 e. The van der Waals surface area contributed by atoms with Crippen LogP contribution in [0.2, 0.25) is 0 Å². The van der Waals surface area contributed by atoms with E-state index in [0.717, 1.165) is 0 Å². The van der Waals surface area contributed by atoms with Crippen molar-refractivity contribution in [2.24, 2.45) is 5.73 Å². The molecule has 1 aromatic rings. The van der Waals surface area contributed by atoms with Crippen molar-refractivity contribution in [1.82, 2.24) is 0 Å². The van der Waals surface area contributed by atoms with Crippen molar-refractivity contribution in [2.75, 3.05) is 0 Å². The van der Waals surface area contributed by atoms with Gasteiger partial charge in [0.15, 0.2) is 6.10 Å². The summed E-state index contributed by atoms with van der Waals surface area (Å²) in [4.78, 5) is 10.4. The summed E-state index contributed by atoms with van der Waals surface area (Å²) in [6.07, 6.45) is -1.55. The number of rotatable bonds is 3. The lowest BCUT2D eigenvalue weighted by Crippen LogP contribution is -2.33. The van der Waals surface area contributed by atoms with Crippen LogP contribution in [-0.4, -0.2) is 22.3 Å². The number of nitrogens with two attached hydrogens (primary N) is 1. The maximum Gasteiger partial charge on any atom is 0.334 e. The van der Waals surface area contributed by atoms with Crippen molar-refractivity contribution in [1.29, 1.82) is 0 Å². The maximum atomic E-state index is 10.4. The first kappa shape index (κ1) is 9.70. The molecule has 0 saturated heterocycles. The third-order valence-electron chi connectivity index (χ3n) is 1.78. The van der Waals surface area contributed by atoms with Gasteiger partial charge in [-0.25, -0.2) is 4.79 Å². The number of hydrogen-bond acceptors (Lipinski definition) is 3. The van der Waals surface area contributed by atoms with Gasteiger partial charge in [0.2, 0.25) is 0 Å². The smallest absolute Gasteiger partial charge is 0.334 e. The first-order chi connectivity index (χ1) is 6.13. The minimum Gasteiger partial charge on any atom is -0.479 e. The van der Waals surface area contributed by atoms with Crippen LogP contribution in [0.5, 0.6) is 0 Å². The molecule has 0 aliphatic carbocycles. The third kappa shape index (κ3) is 2.27. The molecular formula is C9H11NO3. The average molecular weight is 181 g/mol. The van der Waals surface area contributed by atoms with Gasteiger partial charge in [0, 0.05) is 0 Å². The van der Waals surface area contributed by atoms with Gasteiger partial charge in [-0.15, -0.1) is 0 Å². The van der Waals surface area contributed by atoms with E-state index >= 15 is 0 Å². The molecule has 0 fully saturated rings. The summed E-state index contributed by atoms with van der Waals surface area (Å²) in [6, 6.07) is 7.75. The highest BCUT2D eigenvalue weighted by molar-refractivity contribution is 5.73. The Bertz CT molecular complexity index is 286. The number of carboxylic acids is 1. The van der Waals surface area contributed by atoms with E-state index in [4.69, 9.17) is 15.9 Å². The van der Waals surface area contributed by atoms with Gasteiger partial charge >= 0.3 is 5.97 Å². The van der Waals surface area contributed by atoms with Gasteiger partial charge in [0.05, 0.1) is 6.04 Å². The predicted molar refractivity (Wildman–Crippen MR) is 47.0 cm³/mol. The molecular weight excluding hydrogens is 170 g/mol. The molecule has 70 valence electrons. The monoisotopic (exact) mass is 181 g/mol. The molecule has 0 saturated carbocycles. The number of benzene rings is 1. The summed E-state index contributed by atoms with van der Waals surface area (Å²) < 4.78 is 0. The lowest BCUT2D eigenvalue weighted by molar-refractivity contribution is -0.147. The SMILES string of the molecule is NC(c1ccccc1)[C@@H](O)C(=O)O. The van der Waals surface area contributed by atoms with E-state index < -0.39 is 18.1 Å². The number of carboxylic acid groups (broad SMARTS) is 1. The molecule has 0 amide bonds. The highest BCUT2D eigenvalue weighted by Crippen LogP contribution is 2.13. The molecule has 1 unspecified atom stereocenters. The Balaban J connectivity index is 2.79. The molecule has 1 rings (SSSR count). The lowest BCUT2D eigenvalue weighted by atomic mass is 10.0. The fourth-order valence-corrected chi connectivity index (χ4v) is 1.01. The second kappa shape index (κ2) is 4.02. The summed E-state index contributed by atoms with van der Waals surface area (Å²) in [7, 11) is 0. The molecule has 4 nitrogen and oxygen atoms in total. The zero-order valence-electron chi connectivity index (χ0n) is 6.92. The van der Waals surface area contributed by atoms with Crippen LogP contribution in [0, 0.1) is 0 Å². The van der Waals surface area contributed by atoms with Crippen LogP contribution < -0.4 is 5.73 Å². The van der Waals surface area contributed by atoms with E-state index in [0.29, 0.717) is 5.56 Å². The minimum absolute atomic E-state index is 0.609. The maximum absolute atomic E-state index is 10.4. The zero-order chi connectivity index (χ0) is 9.84. The standard InChI is InChI=1S/C9H11NO3/c10-7(8(11)9(12)13)6-4-2-1-3-5-6/h1-5,7-8,11H,10H2,(H,12,13)/t7?,8-/m1/s1. The van der Waals surface area contributed by atoms with E-state index in [9.17, 15) is 4.79 Å². The Labute approximate surface area is 75.6 Å². The van der Waals surface area contributed by atoms with Crippen LogP contribution in [0.15, 0.2) is 30.3 Å². The highest BCUT2D eigenvalue weighted by atomic mass is 16.4. The normalized spacial score (nSPS) is 14.9. The van der Waals surface area contributed by atoms with Crippen LogP contribution in [-0.2, 0) is 4.79 Å². The molecule has 0 heterocycles. The number of aliphatic carboxylic acids is 1. The number of aliphatic hydroxyl groups is 1. The Morgan fingerprint density at radius 3 is 2.31 bits per heavy atom. The molecule has 4 N–H and O–H groups in total. The third-order valence-corrected chi connectivity index (χ3v) is 1.78. The number of aliphatic hydroxyl groups excluding tert-OH is 1. The molecule has 0 aliphatic heterocycles. The van der Waals surface area contributed by atoms with Gasteiger partial charge in [-0.05, 0) is 5.56 Å². The van der Waals surface area contributed by atoms with Crippen molar-refractivity contribution >= 4 is 5.97 Å². The van der Waals surface area contributed by atoms with Crippen molar-refractivity contribution < 1.29 is 15.0 Å². The van der Waals surface area contributed by atoms with E-state index in [1.807, 2.05) is 0 Å². The van der Waals surface area contributed by atoms with Crippen molar-refractivity contribution in [3.63, 3.8) is 0 Å². The quantitative estimate of drug-likeness (QED) is 0.619. The molecule has 0 bridgehead atoms. The fraction of sp³-hybridized carbons (Fsp3) is 0.222. The summed E-state index contributed by atoms with van der Waals surface area (Å²) >= 11 is 0. The van der Waals surface area contributed by atoms with E-state index in [1.54, 1.807) is 30.3 Å². The molecule has 13 heavy (non-hydrogen) atoms. The van der Waals surface area contributed by atoms with Crippen LogP contribution >= 0.6 is 0 Å². The second-order valence-electron chi connectivity index (χ2n) is 2.72. The second-order valence-corrected chi connectivity index (χ2v) is 2.72. The zero-order valence-corrected chi connectivity index (χ0v) is 6.92. The number of hydrogen-bond donors (Lipinski definition) is 3. The average Bonchev–Trinajstić information content (AvgIpc) is 2.17.